The van der Waals surface area contributed by atoms with E-state index in [-0.39, 0.29) is 42.5 Å². The summed E-state index contributed by atoms with van der Waals surface area (Å²) >= 11 is 0. The van der Waals surface area contributed by atoms with Crippen molar-refractivity contribution in [3.63, 3.8) is 0 Å². The third kappa shape index (κ3) is 9.67. The lowest BCUT2D eigenvalue weighted by Crippen LogP contribution is -2.49. The van der Waals surface area contributed by atoms with Crippen molar-refractivity contribution in [2.75, 3.05) is 66.7 Å². The summed E-state index contributed by atoms with van der Waals surface area (Å²) in [6.07, 6.45) is -0.0479. The Bertz CT molecular complexity index is 1470. The molecule has 47 heavy (non-hydrogen) atoms. The number of hydrogen-bond acceptors (Lipinski definition) is 12. The number of carbonyl (C=O) groups excluding carboxylic acids is 2. The molecule has 0 radical (unpaired) electrons. The van der Waals surface area contributed by atoms with Crippen LogP contribution in [0.3, 0.4) is 0 Å². The summed E-state index contributed by atoms with van der Waals surface area (Å²) < 4.78 is 21.7. The zero-order valence-corrected chi connectivity index (χ0v) is 27.9. The van der Waals surface area contributed by atoms with Gasteiger partial charge in [-0.1, -0.05) is 24.3 Å². The Kier molecular flexibility index (Phi) is 14.0. The van der Waals surface area contributed by atoms with Crippen LogP contribution in [0.4, 0.5) is 5.69 Å². The van der Waals surface area contributed by atoms with Crippen LogP contribution >= 0.6 is 12.4 Å². The number of nitro groups is 1. The second kappa shape index (κ2) is 17.7. The van der Waals surface area contributed by atoms with Crippen molar-refractivity contribution in [2.24, 2.45) is 0 Å². The first-order valence-electron chi connectivity index (χ1n) is 15.2. The number of dihydropyridines is 1. The predicted molar refractivity (Wildman–Crippen MR) is 177 cm³/mol. The molecule has 0 aliphatic carbocycles. The molecule has 1 saturated heterocycles. The Labute approximate surface area is 280 Å². The van der Waals surface area contributed by atoms with E-state index in [0.29, 0.717) is 41.4 Å². The molecule has 14 heteroatoms. The normalized spacial score (nSPS) is 17.7. The fourth-order valence-electron chi connectivity index (χ4n) is 5.80. The van der Waals surface area contributed by atoms with Gasteiger partial charge in [-0.3, -0.25) is 15.0 Å². The minimum atomic E-state index is -0.898. The summed E-state index contributed by atoms with van der Waals surface area (Å²) in [6, 6.07) is 13.2. The van der Waals surface area contributed by atoms with Crippen LogP contribution in [0.15, 0.2) is 71.1 Å². The van der Waals surface area contributed by atoms with Crippen LogP contribution in [0.25, 0.3) is 0 Å². The molecule has 0 bridgehead atoms. The van der Waals surface area contributed by atoms with Gasteiger partial charge in [-0.05, 0) is 38.0 Å². The molecule has 0 spiro atoms. The summed E-state index contributed by atoms with van der Waals surface area (Å²) in [5.74, 6) is -0.934. The molecular weight excluding hydrogens is 632 g/mol. The number of esters is 2. The van der Waals surface area contributed by atoms with E-state index >= 15 is 0 Å². The highest BCUT2D eigenvalue weighted by molar-refractivity contribution is 5.99. The molecule has 2 unspecified atom stereocenters. The smallest absolute Gasteiger partial charge is 0.336 e. The SMILES string of the molecule is COC(=O)C1=C(C)NC(C)=C(C(=O)OCCCN2CCN(CC(O)COc3ccccc3OC)CC2)C1c1cccc([N+](=O)[O-])c1.Cl. The van der Waals surface area contributed by atoms with E-state index < -0.39 is 28.9 Å². The van der Waals surface area contributed by atoms with Crippen molar-refractivity contribution in [1.29, 1.82) is 0 Å². The fourth-order valence-corrected chi connectivity index (χ4v) is 5.80. The number of halogens is 1. The Hall–Kier alpha value is -4.17. The monoisotopic (exact) mass is 674 g/mol. The third-order valence-electron chi connectivity index (χ3n) is 8.09. The maximum Gasteiger partial charge on any atom is 0.336 e. The molecule has 2 N–H and O–H groups in total. The summed E-state index contributed by atoms with van der Waals surface area (Å²) in [5, 5.41) is 25.1. The van der Waals surface area contributed by atoms with Crippen LogP contribution in [0.2, 0.25) is 0 Å². The number of para-hydroxylation sites is 2. The summed E-state index contributed by atoms with van der Waals surface area (Å²) in [4.78, 5) is 41.7. The van der Waals surface area contributed by atoms with Gasteiger partial charge in [0.1, 0.15) is 12.7 Å². The van der Waals surface area contributed by atoms with Gasteiger partial charge >= 0.3 is 11.9 Å². The van der Waals surface area contributed by atoms with Gasteiger partial charge in [-0.25, -0.2) is 9.59 Å². The lowest BCUT2D eigenvalue weighted by Gasteiger charge is -2.35. The van der Waals surface area contributed by atoms with Crippen molar-refractivity contribution >= 4 is 30.0 Å². The number of allylic oxidation sites excluding steroid dienone is 2. The number of non-ortho nitro benzene ring substituents is 1. The van der Waals surface area contributed by atoms with Gasteiger partial charge in [0.05, 0.1) is 42.8 Å². The number of carbonyl (C=O) groups is 2. The average Bonchev–Trinajstić information content (AvgIpc) is 3.05. The van der Waals surface area contributed by atoms with E-state index in [1.54, 1.807) is 33.1 Å². The van der Waals surface area contributed by atoms with Crippen molar-refractivity contribution in [2.45, 2.75) is 32.3 Å². The molecule has 2 atom stereocenters. The van der Waals surface area contributed by atoms with E-state index in [1.165, 1.54) is 25.3 Å². The predicted octanol–water partition coefficient (Wildman–Crippen LogP) is 3.42. The molecule has 4 rings (SSSR count). The second-order valence-corrected chi connectivity index (χ2v) is 11.2. The maximum atomic E-state index is 13.5. The van der Waals surface area contributed by atoms with Crippen LogP contribution in [-0.2, 0) is 19.1 Å². The molecule has 0 amide bonds. The first-order valence-corrected chi connectivity index (χ1v) is 15.2. The number of hydrogen-bond donors (Lipinski definition) is 2. The van der Waals surface area contributed by atoms with E-state index in [9.17, 15) is 24.8 Å². The van der Waals surface area contributed by atoms with E-state index in [4.69, 9.17) is 18.9 Å². The number of β-amino-alcohol motifs (C(OH)–C–C–N with tert-alkyl or cyclic N) is 1. The molecule has 2 aliphatic heterocycles. The summed E-state index contributed by atoms with van der Waals surface area (Å²) in [6.45, 7) is 8.13. The Morgan fingerprint density at radius 2 is 1.62 bits per heavy atom. The number of ether oxygens (including phenoxy) is 4. The van der Waals surface area contributed by atoms with Gasteiger partial charge in [0.15, 0.2) is 11.5 Å². The number of aliphatic hydroxyl groups is 1. The molecule has 13 nitrogen and oxygen atoms in total. The minimum absolute atomic E-state index is 0. The Balaban J connectivity index is 0.00000600. The standard InChI is InChI=1S/C33H42N4O9.ClH/c1-22-29(32(39)44-4)31(24-9-7-10-25(19-24)37(41)42)30(23(2)34-22)33(40)45-18-8-13-35-14-16-36(17-15-35)20-26(38)21-46-28-12-6-5-11-27(28)43-3;/h5-7,9-12,19,26,31,34,38H,8,13-18,20-21H2,1-4H3;1H. The Morgan fingerprint density at radius 3 is 2.26 bits per heavy atom. The van der Waals surface area contributed by atoms with Crippen LogP contribution in [-0.4, -0.2) is 105 Å². The van der Waals surface area contributed by atoms with E-state index in [2.05, 4.69) is 15.1 Å². The minimum Gasteiger partial charge on any atom is -0.493 e. The highest BCUT2D eigenvalue weighted by Gasteiger charge is 2.38. The van der Waals surface area contributed by atoms with Crippen molar-refractivity contribution < 1.29 is 38.6 Å². The largest absolute Gasteiger partial charge is 0.493 e. The van der Waals surface area contributed by atoms with Gasteiger partial charge in [-0.2, -0.15) is 0 Å². The number of benzene rings is 2. The van der Waals surface area contributed by atoms with Gasteiger partial charge in [-0.15, -0.1) is 12.4 Å². The van der Waals surface area contributed by atoms with E-state index in [1.807, 2.05) is 18.2 Å². The zero-order valence-electron chi connectivity index (χ0n) is 27.1. The number of aliphatic hydroxyl groups excluding tert-OH is 1. The molecule has 2 aromatic carbocycles. The quantitative estimate of drug-likeness (QED) is 0.131. The highest BCUT2D eigenvalue weighted by atomic mass is 35.5. The highest BCUT2D eigenvalue weighted by Crippen LogP contribution is 2.40. The first-order chi connectivity index (χ1) is 22.1. The van der Waals surface area contributed by atoms with Crippen LogP contribution in [0, 0.1) is 10.1 Å². The van der Waals surface area contributed by atoms with Gasteiger partial charge in [0.2, 0.25) is 0 Å². The third-order valence-corrected chi connectivity index (χ3v) is 8.09. The average molecular weight is 675 g/mol. The molecular formula is C33H43ClN4O9. The Morgan fingerprint density at radius 1 is 0.979 bits per heavy atom. The first kappa shape index (κ1) is 37.3. The van der Waals surface area contributed by atoms with Crippen LogP contribution < -0.4 is 14.8 Å². The van der Waals surface area contributed by atoms with Gasteiger partial charge < -0.3 is 34.3 Å². The van der Waals surface area contributed by atoms with Gasteiger partial charge in [0.25, 0.3) is 5.69 Å². The molecule has 256 valence electrons. The zero-order chi connectivity index (χ0) is 33.2. The van der Waals surface area contributed by atoms with E-state index in [0.717, 1.165) is 32.7 Å². The number of methoxy groups -OCH3 is 2. The lowest BCUT2D eigenvalue weighted by atomic mass is 9.80. The summed E-state index contributed by atoms with van der Waals surface area (Å²) in [7, 11) is 2.82. The number of rotatable bonds is 14. The number of piperazine rings is 1. The van der Waals surface area contributed by atoms with Crippen molar-refractivity contribution in [3.8, 4) is 11.5 Å². The molecule has 0 aromatic heterocycles. The van der Waals surface area contributed by atoms with Crippen molar-refractivity contribution in [1.82, 2.24) is 15.1 Å². The van der Waals surface area contributed by atoms with Gasteiger partial charge in [0, 0.05) is 62.8 Å². The van der Waals surface area contributed by atoms with Crippen LogP contribution in [0.5, 0.6) is 11.5 Å². The summed E-state index contributed by atoms with van der Waals surface area (Å²) in [5.41, 5.74) is 1.64. The molecule has 2 heterocycles. The molecule has 2 aromatic rings. The van der Waals surface area contributed by atoms with Crippen LogP contribution in [0.1, 0.15) is 31.7 Å². The number of nitrogens with zero attached hydrogens (tertiary/aromatic N) is 3. The molecule has 2 aliphatic rings. The maximum absolute atomic E-state index is 13.5. The lowest BCUT2D eigenvalue weighted by molar-refractivity contribution is -0.384. The molecule has 1 fully saturated rings. The number of nitro benzene ring substituents is 1. The fraction of sp³-hybridized carbons (Fsp3) is 0.455. The second-order valence-electron chi connectivity index (χ2n) is 11.2. The number of nitrogens with one attached hydrogen (secondary N) is 1. The van der Waals surface area contributed by atoms with Crippen molar-refractivity contribution in [3.05, 3.63) is 86.7 Å². The topological polar surface area (TPSA) is 153 Å². The molecule has 0 saturated carbocycles.